The molecule has 100 valence electrons. The maximum Gasteiger partial charge on any atom is 0.0583 e. The van der Waals surface area contributed by atoms with Crippen LogP contribution in [0.3, 0.4) is 0 Å². The normalized spacial score (nSPS) is 12.4. The number of hydrogen-bond acceptors (Lipinski definition) is 2. The van der Waals surface area contributed by atoms with Crippen molar-refractivity contribution >= 4 is 0 Å². The monoisotopic (exact) mass is 254 g/mol. The number of aromatic nitrogens is 1. The van der Waals surface area contributed by atoms with Crippen molar-refractivity contribution < 1.29 is 0 Å². The third-order valence-electron chi connectivity index (χ3n) is 3.74. The van der Waals surface area contributed by atoms with Gasteiger partial charge >= 0.3 is 0 Å². The summed E-state index contributed by atoms with van der Waals surface area (Å²) >= 11 is 0. The predicted octanol–water partition coefficient (Wildman–Crippen LogP) is 3.71. The molecule has 1 atom stereocenters. The molecule has 1 aromatic heterocycles. The first kappa shape index (κ1) is 13.8. The van der Waals surface area contributed by atoms with Crippen LogP contribution in [-0.2, 0) is 0 Å². The fourth-order valence-electron chi connectivity index (χ4n) is 2.49. The summed E-state index contributed by atoms with van der Waals surface area (Å²) < 4.78 is 0. The molecule has 0 bridgehead atoms. The molecule has 0 aliphatic carbocycles. The summed E-state index contributed by atoms with van der Waals surface area (Å²) in [7, 11) is 0. The van der Waals surface area contributed by atoms with Gasteiger partial charge in [0.15, 0.2) is 0 Å². The van der Waals surface area contributed by atoms with E-state index in [1.807, 2.05) is 12.4 Å². The minimum absolute atomic E-state index is 0.243. The molecule has 2 aromatic rings. The molecule has 2 rings (SSSR count). The molecule has 2 heteroatoms. The average molecular weight is 254 g/mol. The molecule has 19 heavy (non-hydrogen) atoms. The lowest BCUT2D eigenvalue weighted by Crippen LogP contribution is -2.23. The van der Waals surface area contributed by atoms with Crippen LogP contribution in [-0.4, -0.2) is 11.5 Å². The Hall–Kier alpha value is -1.67. The molecule has 1 unspecified atom stereocenters. The van der Waals surface area contributed by atoms with E-state index >= 15 is 0 Å². The Kier molecular flexibility index (Phi) is 4.33. The van der Waals surface area contributed by atoms with Crippen molar-refractivity contribution in [1.82, 2.24) is 10.3 Å². The van der Waals surface area contributed by atoms with E-state index in [-0.39, 0.29) is 6.04 Å². The number of nitrogens with zero attached hydrogens (tertiary/aromatic N) is 1. The molecule has 0 fully saturated rings. The Bertz CT molecular complexity index is 561. The van der Waals surface area contributed by atoms with Gasteiger partial charge in [0.25, 0.3) is 0 Å². The molecule has 1 aromatic carbocycles. The van der Waals surface area contributed by atoms with Gasteiger partial charge in [0.05, 0.1) is 6.04 Å². The van der Waals surface area contributed by atoms with E-state index < -0.39 is 0 Å². The van der Waals surface area contributed by atoms with Gasteiger partial charge in [-0.1, -0.05) is 25.1 Å². The maximum atomic E-state index is 4.19. The molecule has 0 spiro atoms. The van der Waals surface area contributed by atoms with Gasteiger partial charge in [-0.2, -0.15) is 0 Å². The molecule has 0 aliphatic heterocycles. The molecule has 1 heterocycles. The maximum absolute atomic E-state index is 4.19. The fourth-order valence-corrected chi connectivity index (χ4v) is 2.49. The Morgan fingerprint density at radius 1 is 1.05 bits per heavy atom. The van der Waals surface area contributed by atoms with E-state index in [2.05, 4.69) is 62.3 Å². The summed E-state index contributed by atoms with van der Waals surface area (Å²) in [5.41, 5.74) is 6.60. The van der Waals surface area contributed by atoms with E-state index in [0.29, 0.717) is 0 Å². The SMILES string of the molecule is CCNC(c1ccncc1C)c1cccc(C)c1C. The zero-order chi connectivity index (χ0) is 13.8. The lowest BCUT2D eigenvalue weighted by atomic mass is 9.91. The Labute approximate surface area is 115 Å². The number of hydrogen-bond donors (Lipinski definition) is 1. The third-order valence-corrected chi connectivity index (χ3v) is 3.74. The number of benzene rings is 1. The lowest BCUT2D eigenvalue weighted by molar-refractivity contribution is 0.623. The third kappa shape index (κ3) is 2.85. The number of pyridine rings is 1. The topological polar surface area (TPSA) is 24.9 Å². The Balaban J connectivity index is 2.52. The summed E-state index contributed by atoms with van der Waals surface area (Å²) in [6.45, 7) is 9.58. The smallest absolute Gasteiger partial charge is 0.0583 e. The van der Waals surface area contributed by atoms with Gasteiger partial charge in [-0.25, -0.2) is 0 Å². The van der Waals surface area contributed by atoms with E-state index in [4.69, 9.17) is 0 Å². The largest absolute Gasteiger partial charge is 0.307 e. The molecular formula is C17H22N2. The summed E-state index contributed by atoms with van der Waals surface area (Å²) in [6, 6.07) is 8.88. The minimum atomic E-state index is 0.243. The van der Waals surface area contributed by atoms with Crippen LogP contribution in [0.25, 0.3) is 0 Å². The quantitative estimate of drug-likeness (QED) is 0.899. The first-order chi connectivity index (χ1) is 9.15. The van der Waals surface area contributed by atoms with Crippen LogP contribution in [0, 0.1) is 20.8 Å². The van der Waals surface area contributed by atoms with Crippen LogP contribution >= 0.6 is 0 Å². The molecule has 0 radical (unpaired) electrons. The van der Waals surface area contributed by atoms with Crippen LogP contribution in [0.5, 0.6) is 0 Å². The first-order valence-corrected chi connectivity index (χ1v) is 6.85. The Morgan fingerprint density at radius 2 is 1.84 bits per heavy atom. The van der Waals surface area contributed by atoms with Crippen LogP contribution < -0.4 is 5.32 Å². The van der Waals surface area contributed by atoms with Crippen LogP contribution in [0.4, 0.5) is 0 Å². The average Bonchev–Trinajstić information content (AvgIpc) is 2.41. The lowest BCUT2D eigenvalue weighted by Gasteiger charge is -2.23. The van der Waals surface area contributed by atoms with Crippen LogP contribution in [0.1, 0.15) is 40.8 Å². The molecule has 0 saturated heterocycles. The zero-order valence-electron chi connectivity index (χ0n) is 12.2. The van der Waals surface area contributed by atoms with Crippen LogP contribution in [0.15, 0.2) is 36.7 Å². The van der Waals surface area contributed by atoms with E-state index in [1.54, 1.807) is 0 Å². The molecule has 0 amide bonds. The minimum Gasteiger partial charge on any atom is -0.307 e. The molecular weight excluding hydrogens is 232 g/mol. The van der Waals surface area contributed by atoms with E-state index in [1.165, 1.54) is 27.8 Å². The van der Waals surface area contributed by atoms with Gasteiger partial charge in [-0.3, -0.25) is 4.98 Å². The van der Waals surface area contributed by atoms with Crippen molar-refractivity contribution in [3.05, 3.63) is 64.5 Å². The summed E-state index contributed by atoms with van der Waals surface area (Å²) in [5.74, 6) is 0. The predicted molar refractivity (Wildman–Crippen MR) is 80.4 cm³/mol. The second-order valence-corrected chi connectivity index (χ2v) is 5.01. The van der Waals surface area contributed by atoms with Crippen molar-refractivity contribution in [2.75, 3.05) is 6.54 Å². The molecule has 0 aliphatic rings. The zero-order valence-corrected chi connectivity index (χ0v) is 12.2. The van der Waals surface area contributed by atoms with Crippen molar-refractivity contribution in [1.29, 1.82) is 0 Å². The van der Waals surface area contributed by atoms with E-state index in [9.17, 15) is 0 Å². The second kappa shape index (κ2) is 5.98. The highest BCUT2D eigenvalue weighted by molar-refractivity contribution is 5.42. The standard InChI is InChI=1S/C17H22N2/c1-5-19-17(15-9-10-18-11-13(15)3)16-8-6-7-12(2)14(16)4/h6-11,17,19H,5H2,1-4H3. The highest BCUT2D eigenvalue weighted by Crippen LogP contribution is 2.28. The summed E-state index contributed by atoms with van der Waals surface area (Å²) in [4.78, 5) is 4.19. The highest BCUT2D eigenvalue weighted by Gasteiger charge is 2.17. The van der Waals surface area contributed by atoms with Gasteiger partial charge in [-0.05, 0) is 61.2 Å². The van der Waals surface area contributed by atoms with Gasteiger partial charge in [0, 0.05) is 12.4 Å². The van der Waals surface area contributed by atoms with Crippen LogP contribution in [0.2, 0.25) is 0 Å². The first-order valence-electron chi connectivity index (χ1n) is 6.85. The fraction of sp³-hybridized carbons (Fsp3) is 0.353. The molecule has 2 nitrogen and oxygen atoms in total. The van der Waals surface area contributed by atoms with Crippen molar-refractivity contribution in [2.24, 2.45) is 0 Å². The van der Waals surface area contributed by atoms with Crippen molar-refractivity contribution in [3.63, 3.8) is 0 Å². The second-order valence-electron chi connectivity index (χ2n) is 5.01. The molecule has 1 N–H and O–H groups in total. The summed E-state index contributed by atoms with van der Waals surface area (Å²) in [6.07, 6.45) is 3.81. The number of rotatable bonds is 4. The summed E-state index contributed by atoms with van der Waals surface area (Å²) in [5, 5.41) is 3.60. The van der Waals surface area contributed by atoms with E-state index in [0.717, 1.165) is 6.54 Å². The van der Waals surface area contributed by atoms with Gasteiger partial charge < -0.3 is 5.32 Å². The Morgan fingerprint density at radius 3 is 2.53 bits per heavy atom. The number of aryl methyl sites for hydroxylation is 2. The molecule has 0 saturated carbocycles. The highest BCUT2D eigenvalue weighted by atomic mass is 14.9. The van der Waals surface area contributed by atoms with Gasteiger partial charge in [0.1, 0.15) is 0 Å². The van der Waals surface area contributed by atoms with Gasteiger partial charge in [0.2, 0.25) is 0 Å². The number of nitrogens with one attached hydrogen (secondary N) is 1. The van der Waals surface area contributed by atoms with Crippen molar-refractivity contribution in [3.8, 4) is 0 Å². The van der Waals surface area contributed by atoms with Crippen molar-refractivity contribution in [2.45, 2.75) is 33.7 Å². The van der Waals surface area contributed by atoms with Gasteiger partial charge in [-0.15, -0.1) is 0 Å².